The molecule has 3 heterocycles. The number of hydrogen-bond acceptors (Lipinski definition) is 5. The van der Waals surface area contributed by atoms with Crippen molar-refractivity contribution in [2.45, 2.75) is 19.0 Å². The van der Waals surface area contributed by atoms with Crippen LogP contribution in [-0.4, -0.2) is 29.0 Å². The fraction of sp³-hybridized carbons (Fsp3) is 0.417. The third kappa shape index (κ3) is 3.94. The second-order valence-electron chi connectivity index (χ2n) is 4.41. The molecule has 0 radical (unpaired) electrons. The average Bonchev–Trinajstić information content (AvgIpc) is 3.00. The van der Waals surface area contributed by atoms with Crippen LogP contribution in [0.25, 0.3) is 10.8 Å². The van der Waals surface area contributed by atoms with E-state index >= 15 is 0 Å². The highest BCUT2D eigenvalue weighted by atomic mass is 35.5. The first-order valence-corrected chi connectivity index (χ1v) is 6.65. The van der Waals surface area contributed by atoms with Crippen molar-refractivity contribution in [3.63, 3.8) is 0 Å². The summed E-state index contributed by atoms with van der Waals surface area (Å²) in [5.41, 5.74) is 6.87. The van der Waals surface area contributed by atoms with Crippen molar-refractivity contribution in [2.75, 3.05) is 13.1 Å². The van der Waals surface area contributed by atoms with Crippen LogP contribution in [0.15, 0.2) is 28.2 Å². The van der Waals surface area contributed by atoms with Crippen LogP contribution < -0.4 is 5.73 Å². The fourth-order valence-corrected chi connectivity index (χ4v) is 2.78. The molecule has 19 heavy (non-hydrogen) atoms. The van der Waals surface area contributed by atoms with Crippen molar-refractivity contribution in [1.29, 1.82) is 0 Å². The zero-order valence-corrected chi connectivity index (χ0v) is 12.8. The van der Waals surface area contributed by atoms with Gasteiger partial charge in [0.2, 0.25) is 5.89 Å². The number of likely N-dealkylation sites (tertiary alicyclic amines) is 1. The van der Waals surface area contributed by atoms with Crippen LogP contribution in [0.3, 0.4) is 0 Å². The molecule has 1 aliphatic heterocycles. The van der Waals surface area contributed by atoms with Crippen LogP contribution in [0.2, 0.25) is 0 Å². The summed E-state index contributed by atoms with van der Waals surface area (Å²) >= 11 is 1.64. The van der Waals surface area contributed by atoms with Gasteiger partial charge < -0.3 is 10.2 Å². The van der Waals surface area contributed by atoms with Crippen molar-refractivity contribution in [3.8, 4) is 10.8 Å². The lowest BCUT2D eigenvalue weighted by atomic mass is 10.3. The van der Waals surface area contributed by atoms with E-state index in [1.165, 1.54) is 0 Å². The van der Waals surface area contributed by atoms with E-state index in [-0.39, 0.29) is 24.8 Å². The monoisotopic (exact) mass is 321 g/mol. The quantitative estimate of drug-likeness (QED) is 0.944. The number of hydrogen-bond donors (Lipinski definition) is 1. The molecule has 0 aliphatic carbocycles. The molecule has 0 spiro atoms. The van der Waals surface area contributed by atoms with Gasteiger partial charge in [0.15, 0.2) is 0 Å². The van der Waals surface area contributed by atoms with E-state index in [1.807, 2.05) is 17.5 Å². The SMILES string of the molecule is Cl.Cl.N[C@H]1CCN(Cc2coc(-c3cccs3)n2)C1. The molecule has 0 bridgehead atoms. The molecule has 0 saturated carbocycles. The Balaban J connectivity index is 0.000000902. The van der Waals surface area contributed by atoms with E-state index in [2.05, 4.69) is 9.88 Å². The first kappa shape index (κ1) is 16.5. The number of rotatable bonds is 3. The number of thiophene rings is 1. The maximum absolute atomic E-state index is 5.88. The third-order valence-electron chi connectivity index (χ3n) is 2.98. The first-order valence-electron chi connectivity index (χ1n) is 5.77. The molecule has 2 N–H and O–H groups in total. The van der Waals surface area contributed by atoms with Crippen LogP contribution in [0.5, 0.6) is 0 Å². The molecule has 106 valence electrons. The van der Waals surface area contributed by atoms with E-state index in [9.17, 15) is 0 Å². The van der Waals surface area contributed by atoms with Crippen molar-refractivity contribution in [2.24, 2.45) is 5.73 Å². The summed E-state index contributed by atoms with van der Waals surface area (Å²) < 4.78 is 5.49. The molecule has 2 aromatic heterocycles. The van der Waals surface area contributed by atoms with Gasteiger partial charge in [-0.05, 0) is 17.9 Å². The van der Waals surface area contributed by atoms with Gasteiger partial charge >= 0.3 is 0 Å². The van der Waals surface area contributed by atoms with E-state index in [0.29, 0.717) is 6.04 Å². The molecule has 2 aromatic rings. The summed E-state index contributed by atoms with van der Waals surface area (Å²) in [6.07, 6.45) is 2.83. The average molecular weight is 322 g/mol. The van der Waals surface area contributed by atoms with Gasteiger partial charge in [-0.15, -0.1) is 36.2 Å². The van der Waals surface area contributed by atoms with Crippen LogP contribution >= 0.6 is 36.2 Å². The number of aromatic nitrogens is 1. The highest BCUT2D eigenvalue weighted by Crippen LogP contribution is 2.24. The van der Waals surface area contributed by atoms with Gasteiger partial charge in [0.25, 0.3) is 0 Å². The molecule has 0 aromatic carbocycles. The Kier molecular flexibility index (Phi) is 6.29. The zero-order valence-electron chi connectivity index (χ0n) is 10.3. The summed E-state index contributed by atoms with van der Waals surface area (Å²) in [4.78, 5) is 7.90. The summed E-state index contributed by atoms with van der Waals surface area (Å²) in [5, 5.41) is 2.03. The van der Waals surface area contributed by atoms with E-state index in [0.717, 1.165) is 42.5 Å². The van der Waals surface area contributed by atoms with Crippen LogP contribution in [0.1, 0.15) is 12.1 Å². The van der Waals surface area contributed by atoms with Crippen LogP contribution in [0.4, 0.5) is 0 Å². The van der Waals surface area contributed by atoms with Crippen LogP contribution in [-0.2, 0) is 6.54 Å². The zero-order chi connectivity index (χ0) is 11.7. The highest BCUT2D eigenvalue weighted by molar-refractivity contribution is 7.13. The topological polar surface area (TPSA) is 55.3 Å². The minimum Gasteiger partial charge on any atom is -0.444 e. The minimum absolute atomic E-state index is 0. The Morgan fingerprint density at radius 3 is 2.95 bits per heavy atom. The molecule has 1 fully saturated rings. The molecule has 4 nitrogen and oxygen atoms in total. The van der Waals surface area contributed by atoms with Gasteiger partial charge in [0.05, 0.1) is 10.6 Å². The van der Waals surface area contributed by atoms with Gasteiger partial charge in [-0.2, -0.15) is 0 Å². The Bertz CT molecular complexity index is 489. The maximum atomic E-state index is 5.88. The largest absolute Gasteiger partial charge is 0.444 e. The molecular weight excluding hydrogens is 305 g/mol. The Morgan fingerprint density at radius 2 is 2.32 bits per heavy atom. The molecule has 1 saturated heterocycles. The second-order valence-corrected chi connectivity index (χ2v) is 5.35. The van der Waals surface area contributed by atoms with Crippen molar-refractivity contribution in [1.82, 2.24) is 9.88 Å². The predicted octanol–water partition coefficient (Wildman–Crippen LogP) is 2.78. The molecule has 0 amide bonds. The third-order valence-corrected chi connectivity index (χ3v) is 3.84. The second kappa shape index (κ2) is 7.26. The number of nitrogens with zero attached hydrogens (tertiary/aromatic N) is 2. The van der Waals surface area contributed by atoms with Gasteiger partial charge in [0, 0.05) is 25.7 Å². The number of nitrogens with two attached hydrogens (primary N) is 1. The number of oxazole rings is 1. The molecular formula is C12H17Cl2N3OS. The summed E-state index contributed by atoms with van der Waals surface area (Å²) in [5.74, 6) is 0.721. The lowest BCUT2D eigenvalue weighted by Crippen LogP contribution is -2.26. The van der Waals surface area contributed by atoms with E-state index < -0.39 is 0 Å². The minimum atomic E-state index is 0. The van der Waals surface area contributed by atoms with Gasteiger partial charge in [-0.3, -0.25) is 4.90 Å². The summed E-state index contributed by atoms with van der Waals surface area (Å²) in [6, 6.07) is 4.34. The normalized spacial score (nSPS) is 18.9. The number of halogens is 2. The molecule has 1 atom stereocenters. The van der Waals surface area contributed by atoms with Gasteiger partial charge in [-0.25, -0.2) is 4.98 Å². The lowest BCUT2D eigenvalue weighted by Gasteiger charge is -2.12. The first-order chi connectivity index (χ1) is 8.31. The standard InChI is InChI=1S/C12H15N3OS.2ClH/c13-9-3-4-15(6-9)7-10-8-16-12(14-10)11-2-1-5-17-11;;/h1-2,5,8-9H,3-4,6-7,13H2;2*1H/t9-;;/m0../s1. The smallest absolute Gasteiger partial charge is 0.236 e. The Morgan fingerprint density at radius 1 is 1.47 bits per heavy atom. The molecule has 3 rings (SSSR count). The maximum Gasteiger partial charge on any atom is 0.236 e. The van der Waals surface area contributed by atoms with Crippen molar-refractivity contribution < 1.29 is 4.42 Å². The lowest BCUT2D eigenvalue weighted by molar-refractivity contribution is 0.322. The van der Waals surface area contributed by atoms with Gasteiger partial charge in [-0.1, -0.05) is 6.07 Å². The highest BCUT2D eigenvalue weighted by Gasteiger charge is 2.20. The Labute approximate surface area is 128 Å². The molecule has 0 unspecified atom stereocenters. The summed E-state index contributed by atoms with van der Waals surface area (Å²) in [6.45, 7) is 2.85. The predicted molar refractivity (Wildman–Crippen MR) is 82.2 cm³/mol. The van der Waals surface area contributed by atoms with E-state index in [1.54, 1.807) is 17.6 Å². The van der Waals surface area contributed by atoms with Crippen molar-refractivity contribution >= 4 is 36.2 Å². The van der Waals surface area contributed by atoms with Crippen LogP contribution in [0, 0.1) is 0 Å². The fourth-order valence-electron chi connectivity index (χ4n) is 2.13. The van der Waals surface area contributed by atoms with E-state index in [4.69, 9.17) is 10.2 Å². The molecule has 1 aliphatic rings. The Hall–Kier alpha value is -0.590. The molecule has 7 heteroatoms. The van der Waals surface area contributed by atoms with Crippen molar-refractivity contribution in [3.05, 3.63) is 29.5 Å². The summed E-state index contributed by atoms with van der Waals surface area (Å²) in [7, 11) is 0. The van der Waals surface area contributed by atoms with Gasteiger partial charge in [0.1, 0.15) is 6.26 Å².